The van der Waals surface area contributed by atoms with E-state index in [1.165, 1.54) is 16.4 Å². The molecule has 1 aromatic carbocycles. The predicted octanol–water partition coefficient (Wildman–Crippen LogP) is 2.00. The predicted molar refractivity (Wildman–Crippen MR) is 103 cm³/mol. The first-order chi connectivity index (χ1) is 13.4. The normalized spacial score (nSPS) is 15.2. The Bertz CT molecular complexity index is 961. The van der Waals surface area contributed by atoms with Gasteiger partial charge in [-0.25, -0.2) is 13.2 Å². The molecule has 2 aromatic rings. The minimum absolute atomic E-state index is 0.132. The van der Waals surface area contributed by atoms with Gasteiger partial charge in [-0.3, -0.25) is 4.79 Å². The number of hydrogen-bond donors (Lipinski definition) is 1. The minimum Gasteiger partial charge on any atom is -0.451 e. The summed E-state index contributed by atoms with van der Waals surface area (Å²) < 4.78 is 33.5. The van der Waals surface area contributed by atoms with Crippen molar-refractivity contribution in [1.82, 2.24) is 8.87 Å². The number of carbonyl (C=O) groups is 2. The summed E-state index contributed by atoms with van der Waals surface area (Å²) in [5.74, 6) is -1.15. The molecule has 150 valence electrons. The number of aryl methyl sites for hydroxylation is 1. The van der Waals surface area contributed by atoms with E-state index in [9.17, 15) is 18.0 Å². The molecule has 1 N–H and O–H groups in total. The van der Waals surface area contributed by atoms with Crippen molar-refractivity contribution in [3.8, 4) is 0 Å². The lowest BCUT2D eigenvalue weighted by Gasteiger charge is -2.26. The van der Waals surface area contributed by atoms with Gasteiger partial charge in [0.05, 0.1) is 4.90 Å². The van der Waals surface area contributed by atoms with Gasteiger partial charge in [0.25, 0.3) is 5.91 Å². The largest absolute Gasteiger partial charge is 0.451 e. The van der Waals surface area contributed by atoms with Crippen LogP contribution in [0, 0.1) is 0 Å². The number of anilines is 1. The zero-order valence-electron chi connectivity index (χ0n) is 15.6. The Labute approximate surface area is 164 Å². The summed E-state index contributed by atoms with van der Waals surface area (Å²) in [6, 6.07) is 9.38. The maximum atomic E-state index is 12.7. The van der Waals surface area contributed by atoms with E-state index in [2.05, 4.69) is 5.32 Å². The lowest BCUT2D eigenvalue weighted by atomic mass is 10.2. The third-order valence-corrected chi connectivity index (χ3v) is 6.45. The van der Waals surface area contributed by atoms with Crippen molar-refractivity contribution in [2.24, 2.45) is 7.05 Å². The molecule has 1 aromatic heterocycles. The molecule has 0 bridgehead atoms. The van der Waals surface area contributed by atoms with Gasteiger partial charge in [0.1, 0.15) is 5.69 Å². The van der Waals surface area contributed by atoms with Gasteiger partial charge in [-0.2, -0.15) is 4.31 Å². The summed E-state index contributed by atoms with van der Waals surface area (Å²) in [6.45, 7) is 0.551. The van der Waals surface area contributed by atoms with Crippen LogP contribution in [0.4, 0.5) is 5.69 Å². The maximum Gasteiger partial charge on any atom is 0.355 e. The van der Waals surface area contributed by atoms with Crippen LogP contribution >= 0.6 is 0 Å². The first-order valence-electron chi connectivity index (χ1n) is 9.06. The Balaban J connectivity index is 1.61. The molecule has 3 rings (SSSR count). The molecule has 1 aliphatic rings. The molecule has 9 heteroatoms. The van der Waals surface area contributed by atoms with E-state index >= 15 is 0 Å². The van der Waals surface area contributed by atoms with Crippen LogP contribution in [0.15, 0.2) is 47.5 Å². The Morgan fingerprint density at radius 3 is 2.54 bits per heavy atom. The number of rotatable bonds is 6. The number of carbonyl (C=O) groups excluding carboxylic acids is 2. The van der Waals surface area contributed by atoms with Gasteiger partial charge in [-0.05, 0) is 43.2 Å². The van der Waals surface area contributed by atoms with Crippen LogP contribution in [-0.4, -0.2) is 48.9 Å². The summed E-state index contributed by atoms with van der Waals surface area (Å²) >= 11 is 0. The van der Waals surface area contributed by atoms with Gasteiger partial charge >= 0.3 is 5.97 Å². The van der Waals surface area contributed by atoms with E-state index < -0.39 is 28.5 Å². The van der Waals surface area contributed by atoms with E-state index in [4.69, 9.17) is 4.74 Å². The number of piperidine rings is 1. The van der Waals surface area contributed by atoms with Crippen molar-refractivity contribution < 1.29 is 22.7 Å². The van der Waals surface area contributed by atoms with E-state index in [-0.39, 0.29) is 4.90 Å². The first kappa shape index (κ1) is 20.1. The molecule has 1 aliphatic heterocycles. The van der Waals surface area contributed by atoms with Gasteiger partial charge in [0, 0.05) is 32.0 Å². The Hall–Kier alpha value is -2.65. The quantitative estimate of drug-likeness (QED) is 0.742. The number of amides is 1. The fourth-order valence-corrected chi connectivity index (χ4v) is 4.63. The van der Waals surface area contributed by atoms with Crippen LogP contribution in [-0.2, 0) is 26.6 Å². The standard InChI is InChI=1S/C19H23N3O5S/c1-21-10-6-9-17(21)19(24)27-14-18(23)20-15-7-5-8-16(13-15)28(25,26)22-11-3-2-4-12-22/h5-10,13H,2-4,11-12,14H2,1H3,(H,20,23). The third-order valence-electron chi connectivity index (χ3n) is 4.56. The van der Waals surface area contributed by atoms with Crippen LogP contribution in [0.5, 0.6) is 0 Å². The number of benzene rings is 1. The number of sulfonamides is 1. The van der Waals surface area contributed by atoms with E-state index in [1.54, 1.807) is 42.1 Å². The Kier molecular flexibility index (Phi) is 6.15. The van der Waals surface area contributed by atoms with Crippen LogP contribution in [0.1, 0.15) is 29.8 Å². The molecule has 2 heterocycles. The molecular weight excluding hydrogens is 382 g/mol. The van der Waals surface area contributed by atoms with Crippen molar-refractivity contribution in [3.63, 3.8) is 0 Å². The van der Waals surface area contributed by atoms with Crippen LogP contribution in [0.3, 0.4) is 0 Å². The van der Waals surface area contributed by atoms with Crippen molar-refractivity contribution >= 4 is 27.6 Å². The highest BCUT2D eigenvalue weighted by Gasteiger charge is 2.26. The van der Waals surface area contributed by atoms with Crippen molar-refractivity contribution in [2.45, 2.75) is 24.2 Å². The highest BCUT2D eigenvalue weighted by molar-refractivity contribution is 7.89. The number of aromatic nitrogens is 1. The minimum atomic E-state index is -3.59. The summed E-state index contributed by atoms with van der Waals surface area (Å²) in [5, 5.41) is 2.57. The van der Waals surface area contributed by atoms with Gasteiger partial charge in [-0.1, -0.05) is 12.5 Å². The lowest BCUT2D eigenvalue weighted by molar-refractivity contribution is -0.119. The monoisotopic (exact) mass is 405 g/mol. The van der Waals surface area contributed by atoms with E-state index in [1.807, 2.05) is 0 Å². The molecule has 1 amide bonds. The molecule has 1 saturated heterocycles. The molecule has 0 radical (unpaired) electrons. The van der Waals surface area contributed by atoms with E-state index in [0.29, 0.717) is 24.5 Å². The van der Waals surface area contributed by atoms with Gasteiger partial charge in [-0.15, -0.1) is 0 Å². The van der Waals surface area contributed by atoms with Crippen LogP contribution < -0.4 is 5.32 Å². The average Bonchev–Trinajstić information content (AvgIpc) is 3.13. The molecule has 28 heavy (non-hydrogen) atoms. The first-order valence-corrected chi connectivity index (χ1v) is 10.5. The topological polar surface area (TPSA) is 97.7 Å². The third kappa shape index (κ3) is 4.60. The van der Waals surface area contributed by atoms with E-state index in [0.717, 1.165) is 19.3 Å². The number of ether oxygens (including phenoxy) is 1. The van der Waals surface area contributed by atoms with Gasteiger partial charge in [0.2, 0.25) is 10.0 Å². The zero-order valence-corrected chi connectivity index (χ0v) is 16.4. The number of nitrogens with zero attached hydrogens (tertiary/aromatic N) is 2. The summed E-state index contributed by atoms with van der Waals surface area (Å²) in [7, 11) is -1.89. The average molecular weight is 405 g/mol. The molecule has 0 saturated carbocycles. The van der Waals surface area contributed by atoms with Gasteiger partial charge < -0.3 is 14.6 Å². The second-order valence-corrected chi connectivity index (χ2v) is 8.56. The molecule has 0 atom stereocenters. The second kappa shape index (κ2) is 8.57. The molecule has 1 fully saturated rings. The SMILES string of the molecule is Cn1cccc1C(=O)OCC(=O)Nc1cccc(S(=O)(=O)N2CCCCC2)c1. The Morgan fingerprint density at radius 1 is 1.11 bits per heavy atom. The molecule has 0 unspecified atom stereocenters. The molecule has 8 nitrogen and oxygen atoms in total. The fourth-order valence-electron chi connectivity index (χ4n) is 3.06. The van der Waals surface area contributed by atoms with Crippen LogP contribution in [0.2, 0.25) is 0 Å². The second-order valence-electron chi connectivity index (χ2n) is 6.62. The van der Waals surface area contributed by atoms with Crippen LogP contribution in [0.25, 0.3) is 0 Å². The van der Waals surface area contributed by atoms with Gasteiger partial charge in [0.15, 0.2) is 6.61 Å². The smallest absolute Gasteiger partial charge is 0.355 e. The summed E-state index contributed by atoms with van der Waals surface area (Å²) in [4.78, 5) is 24.1. The summed E-state index contributed by atoms with van der Waals surface area (Å²) in [6.07, 6.45) is 4.43. The highest BCUT2D eigenvalue weighted by Crippen LogP contribution is 2.22. The highest BCUT2D eigenvalue weighted by atomic mass is 32.2. The van der Waals surface area contributed by atoms with Crippen molar-refractivity contribution in [3.05, 3.63) is 48.3 Å². The fraction of sp³-hybridized carbons (Fsp3) is 0.368. The number of hydrogen-bond acceptors (Lipinski definition) is 5. The Morgan fingerprint density at radius 2 is 1.86 bits per heavy atom. The lowest BCUT2D eigenvalue weighted by Crippen LogP contribution is -2.35. The number of esters is 1. The molecular formula is C19H23N3O5S. The maximum absolute atomic E-state index is 12.7. The zero-order chi connectivity index (χ0) is 20.1. The molecule has 0 aliphatic carbocycles. The van der Waals surface area contributed by atoms with Crippen molar-refractivity contribution in [2.75, 3.05) is 25.0 Å². The number of nitrogens with one attached hydrogen (secondary N) is 1. The molecule has 0 spiro atoms. The van der Waals surface area contributed by atoms with Crippen molar-refractivity contribution in [1.29, 1.82) is 0 Å². The summed E-state index contributed by atoms with van der Waals surface area (Å²) in [5.41, 5.74) is 0.667.